The van der Waals surface area contributed by atoms with Gasteiger partial charge in [0.15, 0.2) is 0 Å². The van der Waals surface area contributed by atoms with Crippen molar-refractivity contribution < 1.29 is 0 Å². The van der Waals surface area contributed by atoms with Crippen LogP contribution in [-0.4, -0.2) is 42.1 Å². The van der Waals surface area contributed by atoms with Gasteiger partial charge in [-0.3, -0.25) is 9.88 Å². The van der Waals surface area contributed by atoms with E-state index in [9.17, 15) is 0 Å². The van der Waals surface area contributed by atoms with E-state index in [1.165, 1.54) is 11.1 Å². The van der Waals surface area contributed by atoms with Crippen LogP contribution in [0.25, 0.3) is 0 Å². The molecule has 3 N–H and O–H groups in total. The summed E-state index contributed by atoms with van der Waals surface area (Å²) < 4.78 is 0. The molecule has 2 heterocycles. The van der Waals surface area contributed by atoms with Gasteiger partial charge in [0.1, 0.15) is 0 Å². The first-order valence-corrected chi connectivity index (χ1v) is 5.85. The average Bonchev–Trinajstić information content (AvgIpc) is 2.30. The van der Waals surface area contributed by atoms with E-state index in [-0.39, 0.29) is 0 Å². The predicted octanol–water partition coefficient (Wildman–Crippen LogP) is 0.123. The molecule has 1 fully saturated rings. The molecule has 0 bridgehead atoms. The van der Waals surface area contributed by atoms with Gasteiger partial charge in [-0.2, -0.15) is 0 Å². The number of nitrogens with two attached hydrogens (primary N) is 1. The van der Waals surface area contributed by atoms with Crippen LogP contribution in [0.3, 0.4) is 0 Å². The molecule has 0 radical (unpaired) electrons. The fraction of sp³-hybridized carbons (Fsp3) is 0.583. The van der Waals surface area contributed by atoms with E-state index in [4.69, 9.17) is 5.73 Å². The predicted molar refractivity (Wildman–Crippen MR) is 65.1 cm³/mol. The molecule has 0 saturated carbocycles. The lowest BCUT2D eigenvalue weighted by atomic mass is 10.1. The Labute approximate surface area is 96.8 Å². The van der Waals surface area contributed by atoms with Gasteiger partial charge in [0.05, 0.1) is 0 Å². The molecular weight excluding hydrogens is 200 g/mol. The van der Waals surface area contributed by atoms with Crippen molar-refractivity contribution in [1.29, 1.82) is 0 Å². The number of aromatic nitrogens is 1. The van der Waals surface area contributed by atoms with Crippen LogP contribution in [0, 0.1) is 6.92 Å². The summed E-state index contributed by atoms with van der Waals surface area (Å²) in [5.74, 6) is 0. The number of piperazine rings is 1. The summed E-state index contributed by atoms with van der Waals surface area (Å²) in [6.45, 7) is 6.86. The molecule has 1 aromatic rings. The van der Waals surface area contributed by atoms with Gasteiger partial charge in [0.25, 0.3) is 0 Å². The summed E-state index contributed by atoms with van der Waals surface area (Å²) in [4.78, 5) is 6.66. The van der Waals surface area contributed by atoms with Crippen LogP contribution in [-0.2, 0) is 6.54 Å². The molecular formula is C12H20N4. The quantitative estimate of drug-likeness (QED) is 0.760. The number of hydrogen-bond donors (Lipinski definition) is 2. The Balaban J connectivity index is 2.02. The number of hydrogen-bond acceptors (Lipinski definition) is 4. The monoisotopic (exact) mass is 220 g/mol. The van der Waals surface area contributed by atoms with E-state index in [1.807, 2.05) is 12.4 Å². The van der Waals surface area contributed by atoms with Gasteiger partial charge in [0, 0.05) is 51.2 Å². The number of pyridine rings is 1. The minimum absolute atomic E-state index is 0.453. The van der Waals surface area contributed by atoms with Crippen LogP contribution < -0.4 is 11.1 Å². The number of nitrogens with one attached hydrogen (secondary N) is 1. The van der Waals surface area contributed by atoms with Gasteiger partial charge < -0.3 is 11.1 Å². The van der Waals surface area contributed by atoms with E-state index in [0.29, 0.717) is 12.6 Å². The first-order chi connectivity index (χ1) is 7.79. The van der Waals surface area contributed by atoms with Gasteiger partial charge in [-0.1, -0.05) is 6.07 Å². The standard InChI is InChI=1S/C12H20N4/c1-10-4-11(7-15-6-10)9-16-3-2-14-8-12(16)5-13/h4,6-7,12,14H,2-3,5,8-9,13H2,1H3. The van der Waals surface area contributed by atoms with E-state index < -0.39 is 0 Å². The largest absolute Gasteiger partial charge is 0.329 e. The zero-order chi connectivity index (χ0) is 11.4. The van der Waals surface area contributed by atoms with Crippen LogP contribution in [0.1, 0.15) is 11.1 Å². The van der Waals surface area contributed by atoms with Crippen LogP contribution in [0.2, 0.25) is 0 Å². The Morgan fingerprint density at radius 3 is 3.19 bits per heavy atom. The minimum Gasteiger partial charge on any atom is -0.329 e. The summed E-state index contributed by atoms with van der Waals surface area (Å²) in [7, 11) is 0. The maximum atomic E-state index is 5.78. The van der Waals surface area contributed by atoms with Gasteiger partial charge in [0.2, 0.25) is 0 Å². The highest BCUT2D eigenvalue weighted by Crippen LogP contribution is 2.10. The molecule has 0 amide bonds. The molecule has 16 heavy (non-hydrogen) atoms. The Morgan fingerprint density at radius 2 is 2.44 bits per heavy atom. The molecule has 2 rings (SSSR count). The molecule has 1 aromatic heterocycles. The van der Waals surface area contributed by atoms with Crippen molar-refractivity contribution in [3.63, 3.8) is 0 Å². The number of rotatable bonds is 3. The second kappa shape index (κ2) is 5.39. The Hall–Kier alpha value is -0.970. The second-order valence-corrected chi connectivity index (χ2v) is 4.43. The molecule has 1 aliphatic heterocycles. The Morgan fingerprint density at radius 1 is 1.56 bits per heavy atom. The van der Waals surface area contributed by atoms with Crippen molar-refractivity contribution in [2.45, 2.75) is 19.5 Å². The fourth-order valence-corrected chi connectivity index (χ4v) is 2.18. The first kappa shape index (κ1) is 11.5. The Bertz CT molecular complexity index is 340. The Kier molecular flexibility index (Phi) is 3.88. The summed E-state index contributed by atoms with van der Waals surface area (Å²) in [5, 5.41) is 3.38. The highest BCUT2D eigenvalue weighted by molar-refractivity contribution is 5.16. The van der Waals surface area contributed by atoms with Crippen LogP contribution in [0.5, 0.6) is 0 Å². The molecule has 0 aromatic carbocycles. The first-order valence-electron chi connectivity index (χ1n) is 5.85. The summed E-state index contributed by atoms with van der Waals surface area (Å²) in [6.07, 6.45) is 3.84. The van der Waals surface area contributed by atoms with Gasteiger partial charge in [-0.15, -0.1) is 0 Å². The third kappa shape index (κ3) is 2.78. The van der Waals surface area contributed by atoms with E-state index >= 15 is 0 Å². The molecule has 4 heteroatoms. The SMILES string of the molecule is Cc1cncc(CN2CCNCC2CN)c1. The fourth-order valence-electron chi connectivity index (χ4n) is 2.18. The van der Waals surface area contributed by atoms with Gasteiger partial charge in [-0.25, -0.2) is 0 Å². The lowest BCUT2D eigenvalue weighted by Gasteiger charge is -2.35. The lowest BCUT2D eigenvalue weighted by molar-refractivity contribution is 0.157. The summed E-state index contributed by atoms with van der Waals surface area (Å²) >= 11 is 0. The third-order valence-electron chi connectivity index (χ3n) is 3.06. The number of aryl methyl sites for hydroxylation is 1. The van der Waals surface area contributed by atoms with Gasteiger partial charge in [-0.05, 0) is 18.1 Å². The summed E-state index contributed by atoms with van der Waals surface area (Å²) in [6, 6.07) is 2.65. The molecule has 1 unspecified atom stereocenters. The lowest BCUT2D eigenvalue weighted by Crippen LogP contribution is -2.53. The molecule has 0 aliphatic carbocycles. The van der Waals surface area contributed by atoms with E-state index in [0.717, 1.165) is 26.2 Å². The van der Waals surface area contributed by atoms with Crippen molar-refractivity contribution in [3.05, 3.63) is 29.6 Å². The highest BCUT2D eigenvalue weighted by atomic mass is 15.2. The minimum atomic E-state index is 0.453. The van der Waals surface area contributed by atoms with Crippen molar-refractivity contribution in [2.75, 3.05) is 26.2 Å². The maximum absolute atomic E-state index is 5.78. The van der Waals surface area contributed by atoms with Crippen LogP contribution >= 0.6 is 0 Å². The maximum Gasteiger partial charge on any atom is 0.0347 e. The topological polar surface area (TPSA) is 54.2 Å². The van der Waals surface area contributed by atoms with E-state index in [1.54, 1.807) is 0 Å². The average molecular weight is 220 g/mol. The summed E-state index contributed by atoms with van der Waals surface area (Å²) in [5.41, 5.74) is 8.28. The normalized spacial score (nSPS) is 22.2. The third-order valence-corrected chi connectivity index (χ3v) is 3.06. The molecule has 0 spiro atoms. The molecule has 4 nitrogen and oxygen atoms in total. The van der Waals surface area contributed by atoms with Crippen LogP contribution in [0.15, 0.2) is 18.5 Å². The van der Waals surface area contributed by atoms with Gasteiger partial charge >= 0.3 is 0 Å². The van der Waals surface area contributed by atoms with Crippen LogP contribution in [0.4, 0.5) is 0 Å². The van der Waals surface area contributed by atoms with Crippen molar-refractivity contribution in [1.82, 2.24) is 15.2 Å². The van der Waals surface area contributed by atoms with Crippen molar-refractivity contribution >= 4 is 0 Å². The number of nitrogens with zero attached hydrogens (tertiary/aromatic N) is 2. The highest BCUT2D eigenvalue weighted by Gasteiger charge is 2.20. The zero-order valence-corrected chi connectivity index (χ0v) is 9.82. The van der Waals surface area contributed by atoms with E-state index in [2.05, 4.69) is 28.2 Å². The molecule has 88 valence electrons. The second-order valence-electron chi connectivity index (χ2n) is 4.43. The molecule has 1 saturated heterocycles. The molecule has 1 aliphatic rings. The molecule has 1 atom stereocenters. The smallest absolute Gasteiger partial charge is 0.0347 e. The zero-order valence-electron chi connectivity index (χ0n) is 9.82. The van der Waals surface area contributed by atoms with Crippen molar-refractivity contribution in [3.8, 4) is 0 Å². The van der Waals surface area contributed by atoms with Crippen molar-refractivity contribution in [2.24, 2.45) is 5.73 Å².